The van der Waals surface area contributed by atoms with E-state index < -0.39 is 5.91 Å². The molecule has 9 heteroatoms. The molecule has 156 valence electrons. The maximum absolute atomic E-state index is 12.0. The number of hydrogen-bond donors (Lipinski definition) is 4. The number of carbonyl (C=O) groups excluding carboxylic acids is 1. The summed E-state index contributed by atoms with van der Waals surface area (Å²) < 4.78 is 0. The lowest BCUT2D eigenvalue weighted by atomic mass is 9.90. The fraction of sp³-hybridized carbons (Fsp3) is 0.333. The first-order valence-electron chi connectivity index (χ1n) is 10.0. The van der Waals surface area contributed by atoms with Gasteiger partial charge in [0.1, 0.15) is 16.6 Å². The van der Waals surface area contributed by atoms with Crippen LogP contribution in [0.15, 0.2) is 42.2 Å². The normalized spacial score (nSPS) is 18.7. The Morgan fingerprint density at radius 2 is 2.03 bits per heavy atom. The number of aromatic nitrogens is 3. The van der Waals surface area contributed by atoms with E-state index in [4.69, 9.17) is 5.73 Å². The van der Waals surface area contributed by atoms with Gasteiger partial charge in [-0.15, -0.1) is 11.3 Å². The van der Waals surface area contributed by atoms with Crippen LogP contribution in [0.5, 0.6) is 0 Å². The molecule has 1 fully saturated rings. The Bertz CT molecular complexity index is 1010. The van der Waals surface area contributed by atoms with Crippen LogP contribution in [0.2, 0.25) is 0 Å². The van der Waals surface area contributed by atoms with E-state index in [1.54, 1.807) is 30.7 Å². The molecule has 30 heavy (non-hydrogen) atoms. The SMILES string of the molecule is CNC1CCCCC1Nc1ccc(C(N)=O)c(Nc2cncc(-c3nccs3)c2)n1. The number of amides is 1. The highest BCUT2D eigenvalue weighted by atomic mass is 32.1. The van der Waals surface area contributed by atoms with Crippen molar-refractivity contribution in [3.05, 3.63) is 47.7 Å². The molecule has 0 aromatic carbocycles. The zero-order chi connectivity index (χ0) is 20.9. The zero-order valence-corrected chi connectivity index (χ0v) is 17.6. The molecule has 3 aromatic rings. The number of pyridine rings is 2. The first-order chi connectivity index (χ1) is 14.6. The molecule has 4 rings (SSSR count). The Hall–Kier alpha value is -3.04. The Morgan fingerprint density at radius 3 is 2.77 bits per heavy atom. The average Bonchev–Trinajstić information content (AvgIpc) is 3.29. The molecule has 8 nitrogen and oxygen atoms in total. The van der Waals surface area contributed by atoms with Crippen molar-refractivity contribution < 1.29 is 4.79 Å². The van der Waals surface area contributed by atoms with Crippen LogP contribution >= 0.6 is 11.3 Å². The third-order valence-corrected chi connectivity index (χ3v) is 6.13. The lowest BCUT2D eigenvalue weighted by molar-refractivity contribution is 0.100. The minimum absolute atomic E-state index is 0.290. The van der Waals surface area contributed by atoms with Crippen LogP contribution in [-0.2, 0) is 0 Å². The van der Waals surface area contributed by atoms with Gasteiger partial charge in [-0.25, -0.2) is 9.97 Å². The van der Waals surface area contributed by atoms with Crippen LogP contribution in [0.3, 0.4) is 0 Å². The third-order valence-electron chi connectivity index (χ3n) is 5.31. The largest absolute Gasteiger partial charge is 0.366 e. The molecular formula is C21H25N7OS. The molecule has 1 aliphatic rings. The molecule has 3 heterocycles. The molecule has 1 aliphatic carbocycles. The summed E-state index contributed by atoms with van der Waals surface area (Å²) in [5, 5.41) is 12.9. The maximum Gasteiger partial charge on any atom is 0.252 e. The van der Waals surface area contributed by atoms with E-state index >= 15 is 0 Å². The van der Waals surface area contributed by atoms with Crippen LogP contribution in [-0.4, -0.2) is 40.0 Å². The summed E-state index contributed by atoms with van der Waals surface area (Å²) in [6.07, 6.45) is 9.82. The summed E-state index contributed by atoms with van der Waals surface area (Å²) in [5.74, 6) is 0.576. The number of carbonyl (C=O) groups is 1. The molecule has 0 bridgehead atoms. The predicted molar refractivity (Wildman–Crippen MR) is 120 cm³/mol. The minimum Gasteiger partial charge on any atom is -0.366 e. The number of rotatable bonds is 7. The van der Waals surface area contributed by atoms with Crippen molar-refractivity contribution in [3.63, 3.8) is 0 Å². The summed E-state index contributed by atoms with van der Waals surface area (Å²) in [4.78, 5) is 25.2. The molecule has 0 saturated heterocycles. The van der Waals surface area contributed by atoms with Crippen molar-refractivity contribution in [1.29, 1.82) is 0 Å². The van der Waals surface area contributed by atoms with Crippen molar-refractivity contribution in [1.82, 2.24) is 20.3 Å². The van der Waals surface area contributed by atoms with Crippen molar-refractivity contribution in [2.75, 3.05) is 17.7 Å². The molecule has 1 amide bonds. The molecule has 0 aliphatic heterocycles. The topological polar surface area (TPSA) is 118 Å². The smallest absolute Gasteiger partial charge is 0.252 e. The average molecular weight is 424 g/mol. The molecule has 5 N–H and O–H groups in total. The van der Waals surface area contributed by atoms with Gasteiger partial charge in [-0.05, 0) is 38.1 Å². The van der Waals surface area contributed by atoms with Gasteiger partial charge in [0.2, 0.25) is 0 Å². The molecule has 2 unspecified atom stereocenters. The fourth-order valence-electron chi connectivity index (χ4n) is 3.80. The van der Waals surface area contributed by atoms with E-state index in [9.17, 15) is 4.79 Å². The van der Waals surface area contributed by atoms with Crippen molar-refractivity contribution in [2.45, 2.75) is 37.8 Å². The lowest BCUT2D eigenvalue weighted by Gasteiger charge is -2.32. The quantitative estimate of drug-likeness (QED) is 0.460. The van der Waals surface area contributed by atoms with Gasteiger partial charge in [0, 0.05) is 35.4 Å². The highest BCUT2D eigenvalue weighted by molar-refractivity contribution is 7.13. The number of primary amides is 1. The van der Waals surface area contributed by atoms with Crippen molar-refractivity contribution >= 4 is 34.6 Å². The van der Waals surface area contributed by atoms with Crippen LogP contribution in [0.1, 0.15) is 36.0 Å². The first-order valence-corrected chi connectivity index (χ1v) is 10.9. The van der Waals surface area contributed by atoms with Gasteiger partial charge in [-0.2, -0.15) is 0 Å². The Labute approximate surface area is 179 Å². The highest BCUT2D eigenvalue weighted by Crippen LogP contribution is 2.27. The summed E-state index contributed by atoms with van der Waals surface area (Å²) >= 11 is 1.54. The molecule has 1 saturated carbocycles. The van der Waals surface area contributed by atoms with E-state index in [0.717, 1.165) is 23.4 Å². The van der Waals surface area contributed by atoms with Crippen molar-refractivity contribution in [2.24, 2.45) is 5.73 Å². The van der Waals surface area contributed by atoms with E-state index in [-0.39, 0.29) is 0 Å². The number of thiazole rings is 1. The van der Waals surface area contributed by atoms with Crippen molar-refractivity contribution in [3.8, 4) is 10.6 Å². The first kappa shape index (κ1) is 20.2. The minimum atomic E-state index is -0.536. The van der Waals surface area contributed by atoms with Gasteiger partial charge in [0.25, 0.3) is 5.91 Å². The Balaban J connectivity index is 1.59. The molecule has 3 aromatic heterocycles. The molecule has 0 radical (unpaired) electrons. The highest BCUT2D eigenvalue weighted by Gasteiger charge is 2.24. The molecular weight excluding hydrogens is 398 g/mol. The summed E-state index contributed by atoms with van der Waals surface area (Å²) in [5.41, 5.74) is 7.51. The van der Waals surface area contributed by atoms with Gasteiger partial charge in [-0.3, -0.25) is 9.78 Å². The maximum atomic E-state index is 12.0. The number of anilines is 3. The van der Waals surface area contributed by atoms with Crippen LogP contribution in [0.25, 0.3) is 10.6 Å². The number of nitrogens with one attached hydrogen (secondary N) is 3. The number of nitrogens with zero attached hydrogens (tertiary/aromatic N) is 3. The fourth-order valence-corrected chi connectivity index (χ4v) is 4.42. The second-order valence-electron chi connectivity index (χ2n) is 7.31. The summed E-state index contributed by atoms with van der Waals surface area (Å²) in [6, 6.07) is 6.12. The van der Waals surface area contributed by atoms with Gasteiger partial charge >= 0.3 is 0 Å². The predicted octanol–water partition coefficient (Wildman–Crippen LogP) is 3.39. The number of nitrogens with two attached hydrogens (primary N) is 1. The van der Waals surface area contributed by atoms with E-state index in [1.165, 1.54) is 24.2 Å². The molecule has 0 spiro atoms. The van der Waals surface area contributed by atoms with Gasteiger partial charge in [0.15, 0.2) is 0 Å². The Kier molecular flexibility index (Phi) is 6.20. The summed E-state index contributed by atoms with van der Waals surface area (Å²) in [6.45, 7) is 0. The van der Waals surface area contributed by atoms with Gasteiger partial charge in [-0.1, -0.05) is 12.8 Å². The Morgan fingerprint density at radius 1 is 1.20 bits per heavy atom. The second-order valence-corrected chi connectivity index (χ2v) is 8.21. The molecule has 2 atom stereocenters. The third kappa shape index (κ3) is 4.58. The van der Waals surface area contributed by atoms with E-state index in [1.807, 2.05) is 18.5 Å². The number of hydrogen-bond acceptors (Lipinski definition) is 8. The van der Waals surface area contributed by atoms with Gasteiger partial charge < -0.3 is 21.7 Å². The standard InChI is InChI=1S/C21H25N7OS/c1-23-16-4-2-3-5-17(16)27-18-7-6-15(19(22)29)20(28-18)26-14-10-13(11-24-12-14)21-25-8-9-30-21/h6-12,16-17,23H,2-5H2,1H3,(H2,22,29)(H2,26,27,28). The number of likely N-dealkylation sites (N-methyl/N-ethyl adjacent to an activating group) is 1. The second kappa shape index (κ2) is 9.19. The monoisotopic (exact) mass is 423 g/mol. The van der Waals surface area contributed by atoms with Crippen LogP contribution in [0.4, 0.5) is 17.3 Å². The zero-order valence-electron chi connectivity index (χ0n) is 16.8. The van der Waals surface area contributed by atoms with E-state index in [2.05, 4.69) is 30.9 Å². The van der Waals surface area contributed by atoms with Crippen LogP contribution < -0.4 is 21.7 Å². The van der Waals surface area contributed by atoms with Gasteiger partial charge in [0.05, 0.1) is 17.4 Å². The van der Waals surface area contributed by atoms with Crippen LogP contribution in [0, 0.1) is 0 Å². The van der Waals surface area contributed by atoms with E-state index in [0.29, 0.717) is 35.0 Å². The lowest BCUT2D eigenvalue weighted by Crippen LogP contribution is -2.44. The summed E-state index contributed by atoms with van der Waals surface area (Å²) in [7, 11) is 1.99.